The van der Waals surface area contributed by atoms with Crippen LogP contribution in [0.15, 0.2) is 77.8 Å². The molecule has 1 fully saturated rings. The lowest BCUT2D eigenvalue weighted by Gasteiger charge is -2.41. The van der Waals surface area contributed by atoms with Crippen molar-refractivity contribution in [2.75, 3.05) is 19.6 Å². The van der Waals surface area contributed by atoms with Crippen LogP contribution in [0, 0.1) is 0 Å². The van der Waals surface area contributed by atoms with E-state index in [0.29, 0.717) is 43.3 Å². The molecule has 186 valence electrons. The molecule has 2 aliphatic rings. The number of amides is 2. The van der Waals surface area contributed by atoms with E-state index in [-0.39, 0.29) is 23.5 Å². The van der Waals surface area contributed by atoms with Crippen LogP contribution in [-0.4, -0.2) is 47.3 Å². The van der Waals surface area contributed by atoms with Gasteiger partial charge in [-0.25, -0.2) is 9.79 Å². The van der Waals surface area contributed by atoms with Gasteiger partial charge in [0.2, 0.25) is 0 Å². The fraction of sp³-hybridized carbons (Fsp3) is 0.259. The van der Waals surface area contributed by atoms with Gasteiger partial charge in [-0.3, -0.25) is 0 Å². The average molecular weight is 495 g/mol. The van der Waals surface area contributed by atoms with Crippen molar-refractivity contribution in [3.8, 4) is 11.5 Å². The zero-order chi connectivity index (χ0) is 25.3. The SMILES string of the molecule is CC1CN(C2=Nc3cc(C(F)(F)F)ccc3Oc3ccccc32)CCN1C(=O)NCc1ccccc1. The molecule has 3 aromatic rings. The predicted octanol–water partition coefficient (Wildman–Crippen LogP) is 5.81. The van der Waals surface area contributed by atoms with E-state index in [1.54, 1.807) is 11.0 Å². The Bertz CT molecular complexity index is 1290. The van der Waals surface area contributed by atoms with Crippen LogP contribution in [0.25, 0.3) is 0 Å². The summed E-state index contributed by atoms with van der Waals surface area (Å²) in [5.41, 5.74) is 1.04. The summed E-state index contributed by atoms with van der Waals surface area (Å²) in [5.74, 6) is 1.31. The molecule has 0 bridgehead atoms. The number of urea groups is 1. The van der Waals surface area contributed by atoms with Crippen LogP contribution in [0.2, 0.25) is 0 Å². The zero-order valence-electron chi connectivity index (χ0n) is 19.6. The van der Waals surface area contributed by atoms with Gasteiger partial charge in [-0.05, 0) is 42.8 Å². The maximum atomic E-state index is 13.4. The van der Waals surface area contributed by atoms with Crippen LogP contribution in [-0.2, 0) is 12.7 Å². The van der Waals surface area contributed by atoms with Gasteiger partial charge in [0.05, 0.1) is 11.1 Å². The number of carbonyl (C=O) groups excluding carboxylic acids is 1. The molecule has 1 unspecified atom stereocenters. The second kappa shape index (κ2) is 9.56. The number of carbonyl (C=O) groups is 1. The number of halogens is 3. The number of amidine groups is 1. The Labute approximate surface area is 207 Å². The Morgan fingerprint density at radius 2 is 1.78 bits per heavy atom. The number of nitrogens with zero attached hydrogens (tertiary/aromatic N) is 3. The maximum Gasteiger partial charge on any atom is 0.416 e. The Hall–Kier alpha value is -4.01. The van der Waals surface area contributed by atoms with Gasteiger partial charge in [-0.2, -0.15) is 13.2 Å². The third-order valence-electron chi connectivity index (χ3n) is 6.33. The van der Waals surface area contributed by atoms with Crippen molar-refractivity contribution in [1.29, 1.82) is 0 Å². The molecule has 2 heterocycles. The topological polar surface area (TPSA) is 57.2 Å². The number of fused-ring (bicyclic) bond motifs is 2. The lowest BCUT2D eigenvalue weighted by atomic mass is 10.1. The molecule has 0 radical (unpaired) electrons. The monoisotopic (exact) mass is 494 g/mol. The second-order valence-electron chi connectivity index (χ2n) is 8.85. The first-order chi connectivity index (χ1) is 17.3. The van der Waals surface area contributed by atoms with E-state index in [2.05, 4.69) is 10.3 Å². The van der Waals surface area contributed by atoms with E-state index in [9.17, 15) is 18.0 Å². The summed E-state index contributed by atoms with van der Waals surface area (Å²) in [6.07, 6.45) is -4.49. The Kier molecular flexibility index (Phi) is 6.30. The molecular weight excluding hydrogens is 469 g/mol. The highest BCUT2D eigenvalue weighted by Gasteiger charge is 2.34. The third-order valence-corrected chi connectivity index (χ3v) is 6.33. The quantitative estimate of drug-likeness (QED) is 0.490. The fourth-order valence-corrected chi connectivity index (χ4v) is 4.47. The summed E-state index contributed by atoms with van der Waals surface area (Å²) >= 11 is 0. The van der Waals surface area contributed by atoms with Crippen LogP contribution in [0.3, 0.4) is 0 Å². The average Bonchev–Trinajstić information content (AvgIpc) is 3.03. The molecule has 1 saturated heterocycles. The Morgan fingerprint density at radius 1 is 1.03 bits per heavy atom. The first-order valence-electron chi connectivity index (χ1n) is 11.7. The minimum atomic E-state index is -4.49. The van der Waals surface area contributed by atoms with Gasteiger partial charge in [0.15, 0.2) is 5.75 Å². The van der Waals surface area contributed by atoms with Crippen molar-refractivity contribution in [3.05, 3.63) is 89.5 Å². The molecule has 0 aliphatic carbocycles. The van der Waals surface area contributed by atoms with Crippen LogP contribution < -0.4 is 10.1 Å². The summed E-state index contributed by atoms with van der Waals surface area (Å²) < 4.78 is 46.1. The molecule has 1 atom stereocenters. The highest BCUT2D eigenvalue weighted by molar-refractivity contribution is 6.04. The molecule has 0 spiro atoms. The molecule has 2 aliphatic heterocycles. The van der Waals surface area contributed by atoms with Gasteiger partial charge in [-0.1, -0.05) is 42.5 Å². The molecule has 6 nitrogen and oxygen atoms in total. The number of ether oxygens (including phenoxy) is 1. The standard InChI is InChI=1S/C27H25F3N4O2/c1-18-17-33(13-14-34(18)26(35)31-16-19-7-3-2-4-8-19)25-21-9-5-6-10-23(21)36-24-12-11-20(27(28,29)30)15-22(24)32-25/h2-12,15,18H,13-14,16-17H2,1H3,(H,31,35). The van der Waals surface area contributed by atoms with E-state index in [0.717, 1.165) is 17.7 Å². The highest BCUT2D eigenvalue weighted by atomic mass is 19.4. The van der Waals surface area contributed by atoms with Crippen molar-refractivity contribution in [2.45, 2.75) is 25.7 Å². The number of nitrogens with one attached hydrogen (secondary N) is 1. The molecule has 36 heavy (non-hydrogen) atoms. The first kappa shape index (κ1) is 23.7. The summed E-state index contributed by atoms with van der Waals surface area (Å²) in [6, 6.07) is 20.0. The first-order valence-corrected chi connectivity index (χ1v) is 11.7. The smallest absolute Gasteiger partial charge is 0.416 e. The minimum Gasteiger partial charge on any atom is -0.454 e. The highest BCUT2D eigenvalue weighted by Crippen LogP contribution is 2.41. The van der Waals surface area contributed by atoms with Gasteiger partial charge in [0, 0.05) is 32.2 Å². The zero-order valence-corrected chi connectivity index (χ0v) is 19.6. The van der Waals surface area contributed by atoms with Crippen molar-refractivity contribution in [2.24, 2.45) is 4.99 Å². The number of hydrogen-bond acceptors (Lipinski definition) is 4. The van der Waals surface area contributed by atoms with E-state index < -0.39 is 11.7 Å². The number of hydrogen-bond donors (Lipinski definition) is 1. The van der Waals surface area contributed by atoms with E-state index >= 15 is 0 Å². The molecule has 9 heteroatoms. The van der Waals surface area contributed by atoms with E-state index in [1.165, 1.54) is 6.07 Å². The normalized spacial score (nSPS) is 17.3. The second-order valence-corrected chi connectivity index (χ2v) is 8.85. The molecular formula is C27H25F3N4O2. The van der Waals surface area contributed by atoms with Crippen molar-refractivity contribution < 1.29 is 22.7 Å². The van der Waals surface area contributed by atoms with Gasteiger partial charge in [-0.15, -0.1) is 0 Å². The van der Waals surface area contributed by atoms with Crippen molar-refractivity contribution >= 4 is 17.6 Å². The van der Waals surface area contributed by atoms with Crippen molar-refractivity contribution in [3.63, 3.8) is 0 Å². The van der Waals surface area contributed by atoms with Crippen LogP contribution in [0.5, 0.6) is 11.5 Å². The van der Waals surface area contributed by atoms with Gasteiger partial charge in [0.1, 0.15) is 17.3 Å². The fourth-order valence-electron chi connectivity index (χ4n) is 4.47. The van der Waals surface area contributed by atoms with Gasteiger partial charge < -0.3 is 19.9 Å². The molecule has 1 N–H and O–H groups in total. The van der Waals surface area contributed by atoms with Gasteiger partial charge >= 0.3 is 12.2 Å². The maximum absolute atomic E-state index is 13.4. The lowest BCUT2D eigenvalue weighted by Crippen LogP contribution is -2.57. The molecule has 2 amide bonds. The van der Waals surface area contributed by atoms with Crippen molar-refractivity contribution in [1.82, 2.24) is 15.1 Å². The molecule has 0 saturated carbocycles. The summed E-state index contributed by atoms with van der Waals surface area (Å²) in [6.45, 7) is 3.77. The number of alkyl halides is 3. The molecule has 0 aromatic heterocycles. The largest absolute Gasteiger partial charge is 0.454 e. The number of para-hydroxylation sites is 1. The summed E-state index contributed by atoms with van der Waals surface area (Å²) in [4.78, 5) is 21.3. The number of rotatable bonds is 2. The van der Waals surface area contributed by atoms with Crippen LogP contribution >= 0.6 is 0 Å². The van der Waals surface area contributed by atoms with E-state index in [1.807, 2.05) is 60.4 Å². The van der Waals surface area contributed by atoms with Crippen LogP contribution in [0.1, 0.15) is 23.6 Å². The number of benzene rings is 3. The number of piperazine rings is 1. The van der Waals surface area contributed by atoms with Crippen LogP contribution in [0.4, 0.5) is 23.7 Å². The minimum absolute atomic E-state index is 0.117. The molecule has 3 aromatic carbocycles. The van der Waals surface area contributed by atoms with Gasteiger partial charge in [0.25, 0.3) is 0 Å². The number of aliphatic imine (C=N–C) groups is 1. The summed E-state index contributed by atoms with van der Waals surface area (Å²) in [7, 11) is 0. The lowest BCUT2D eigenvalue weighted by molar-refractivity contribution is -0.137. The summed E-state index contributed by atoms with van der Waals surface area (Å²) in [5, 5.41) is 2.96. The third kappa shape index (κ3) is 4.86. The Balaban J connectivity index is 1.38. The predicted molar refractivity (Wildman–Crippen MR) is 131 cm³/mol. The van der Waals surface area contributed by atoms with E-state index in [4.69, 9.17) is 4.74 Å². The molecule has 5 rings (SSSR count). The Morgan fingerprint density at radius 3 is 2.53 bits per heavy atom.